The number of hydrogen-bond acceptors (Lipinski definition) is 4. The molecule has 1 aliphatic heterocycles. The maximum atomic E-state index is 11.3. The van der Waals surface area contributed by atoms with E-state index in [1.165, 1.54) is 23.5 Å². The third-order valence-corrected chi connectivity index (χ3v) is 5.08. The van der Waals surface area contributed by atoms with E-state index >= 15 is 0 Å². The Balaban J connectivity index is 1.68. The van der Waals surface area contributed by atoms with Crippen molar-refractivity contribution in [3.8, 4) is 0 Å². The number of hydrogen-bond donors (Lipinski definition) is 1. The number of H-pyrrole nitrogens is 1. The van der Waals surface area contributed by atoms with Crippen molar-refractivity contribution in [2.75, 3.05) is 36.0 Å². The number of benzene rings is 1. The van der Waals surface area contributed by atoms with Crippen molar-refractivity contribution in [1.82, 2.24) is 0 Å². The maximum absolute atomic E-state index is 11.3. The number of aromatic amines is 1. The first-order valence-corrected chi connectivity index (χ1v) is 9.10. The van der Waals surface area contributed by atoms with E-state index in [1.54, 1.807) is 6.07 Å². The van der Waals surface area contributed by atoms with E-state index in [9.17, 15) is 8.42 Å². The standard InChI is InChI=1S/C16H20N4O2S/c1-13-4-2-3-5-15(13)19-8-10-20(11-9-19)16-7-6-14(12-18-16)23(17,21)22/h2-7,12H,8-11H2,1H3,(H2,17,21,22)/p+1. The quantitative estimate of drug-likeness (QED) is 0.900. The zero-order valence-corrected chi connectivity index (χ0v) is 13.9. The molecule has 2 aromatic rings. The third-order valence-electron chi connectivity index (χ3n) is 4.17. The van der Waals surface area contributed by atoms with Crippen molar-refractivity contribution in [3.05, 3.63) is 48.2 Å². The van der Waals surface area contributed by atoms with Crippen LogP contribution >= 0.6 is 0 Å². The Morgan fingerprint density at radius 3 is 2.22 bits per heavy atom. The summed E-state index contributed by atoms with van der Waals surface area (Å²) in [5.74, 6) is 0.904. The molecule has 1 aromatic carbocycles. The predicted molar refractivity (Wildman–Crippen MR) is 90.0 cm³/mol. The van der Waals surface area contributed by atoms with Gasteiger partial charge in [-0.05, 0) is 24.6 Å². The van der Waals surface area contributed by atoms with Gasteiger partial charge < -0.3 is 4.90 Å². The summed E-state index contributed by atoms with van der Waals surface area (Å²) in [6, 6.07) is 11.7. The van der Waals surface area contributed by atoms with Crippen molar-refractivity contribution in [2.24, 2.45) is 5.14 Å². The first-order chi connectivity index (χ1) is 10.9. The average Bonchev–Trinajstić information content (AvgIpc) is 2.55. The zero-order valence-electron chi connectivity index (χ0n) is 13.1. The van der Waals surface area contributed by atoms with Crippen LogP contribution in [0.15, 0.2) is 47.5 Å². The molecule has 23 heavy (non-hydrogen) atoms. The summed E-state index contributed by atoms with van der Waals surface area (Å²) in [5, 5.41) is 5.11. The average molecular weight is 333 g/mol. The topological polar surface area (TPSA) is 80.8 Å². The van der Waals surface area contributed by atoms with Gasteiger partial charge in [-0.25, -0.2) is 18.5 Å². The van der Waals surface area contributed by atoms with Crippen molar-refractivity contribution in [3.63, 3.8) is 0 Å². The summed E-state index contributed by atoms with van der Waals surface area (Å²) in [6.45, 7) is 5.73. The molecule has 0 saturated carbocycles. The van der Waals surface area contributed by atoms with Crippen LogP contribution in [-0.2, 0) is 10.0 Å². The van der Waals surface area contributed by atoms with Gasteiger partial charge in [0, 0.05) is 11.8 Å². The van der Waals surface area contributed by atoms with Gasteiger partial charge in [0.1, 0.15) is 24.2 Å². The lowest BCUT2D eigenvalue weighted by Gasteiger charge is -2.33. The van der Waals surface area contributed by atoms with Gasteiger partial charge in [0.05, 0.1) is 13.1 Å². The smallest absolute Gasteiger partial charge is 0.274 e. The number of para-hydroxylation sites is 1. The number of primary sulfonamides is 1. The number of rotatable bonds is 3. The summed E-state index contributed by atoms with van der Waals surface area (Å²) < 4.78 is 22.6. The summed E-state index contributed by atoms with van der Waals surface area (Å²) in [4.78, 5) is 7.71. The highest BCUT2D eigenvalue weighted by Gasteiger charge is 2.24. The van der Waals surface area contributed by atoms with Gasteiger partial charge >= 0.3 is 0 Å². The Labute approximate surface area is 136 Å². The van der Waals surface area contributed by atoms with Crippen LogP contribution in [0.1, 0.15) is 5.56 Å². The molecule has 0 atom stereocenters. The van der Waals surface area contributed by atoms with Crippen LogP contribution in [0.25, 0.3) is 0 Å². The normalized spacial score (nSPS) is 15.7. The molecule has 0 radical (unpaired) electrons. The minimum Gasteiger partial charge on any atom is -0.363 e. The van der Waals surface area contributed by atoms with Gasteiger partial charge in [-0.15, -0.1) is 0 Å². The number of nitrogens with two attached hydrogens (primary N) is 1. The fourth-order valence-electron chi connectivity index (χ4n) is 2.88. The van der Waals surface area contributed by atoms with Gasteiger partial charge in [0.25, 0.3) is 5.82 Å². The Morgan fingerprint density at radius 2 is 1.65 bits per heavy atom. The van der Waals surface area contributed by atoms with E-state index in [1.807, 2.05) is 0 Å². The van der Waals surface area contributed by atoms with Crippen molar-refractivity contribution < 1.29 is 13.4 Å². The molecule has 1 saturated heterocycles. The Bertz CT molecular complexity index is 782. The molecule has 6 nitrogen and oxygen atoms in total. The summed E-state index contributed by atoms with van der Waals surface area (Å²) in [7, 11) is -3.66. The first-order valence-electron chi connectivity index (χ1n) is 7.55. The SMILES string of the molecule is Cc1ccccc1N1CCN(c2ccc(S(N)(=O)=O)c[nH+]2)CC1. The minimum absolute atomic E-state index is 0.0970. The predicted octanol–water partition coefficient (Wildman–Crippen LogP) is 0.783. The minimum atomic E-state index is -3.66. The van der Waals surface area contributed by atoms with Gasteiger partial charge in [0.2, 0.25) is 10.0 Å². The molecule has 0 amide bonds. The van der Waals surface area contributed by atoms with Gasteiger partial charge in [0.15, 0.2) is 0 Å². The van der Waals surface area contributed by atoms with Crippen LogP contribution in [0.5, 0.6) is 0 Å². The molecule has 0 aliphatic carbocycles. The molecule has 1 aliphatic rings. The van der Waals surface area contributed by atoms with Gasteiger partial charge in [-0.3, -0.25) is 4.90 Å². The third kappa shape index (κ3) is 3.46. The van der Waals surface area contributed by atoms with Crippen LogP contribution < -0.4 is 19.9 Å². The number of sulfonamides is 1. The fraction of sp³-hybridized carbons (Fsp3) is 0.312. The number of piperazine rings is 1. The highest BCUT2D eigenvalue weighted by Crippen LogP contribution is 2.22. The van der Waals surface area contributed by atoms with E-state index in [0.29, 0.717) is 0 Å². The molecular formula is C16H21N4O2S+. The number of pyridine rings is 1. The van der Waals surface area contributed by atoms with Crippen LogP contribution in [-0.4, -0.2) is 34.6 Å². The van der Waals surface area contributed by atoms with Crippen molar-refractivity contribution in [1.29, 1.82) is 0 Å². The molecule has 3 rings (SSSR count). The van der Waals surface area contributed by atoms with Crippen LogP contribution in [0.2, 0.25) is 0 Å². The molecule has 0 unspecified atom stereocenters. The Morgan fingerprint density at radius 1 is 1.00 bits per heavy atom. The van der Waals surface area contributed by atoms with E-state index in [-0.39, 0.29) is 4.90 Å². The molecule has 3 N–H and O–H groups in total. The maximum Gasteiger partial charge on any atom is 0.274 e. The zero-order chi connectivity index (χ0) is 16.4. The summed E-state index contributed by atoms with van der Waals surface area (Å²) >= 11 is 0. The van der Waals surface area contributed by atoms with Crippen molar-refractivity contribution in [2.45, 2.75) is 11.8 Å². The molecule has 122 valence electrons. The van der Waals surface area contributed by atoms with Crippen LogP contribution in [0.4, 0.5) is 11.5 Å². The number of nitrogens with zero attached hydrogens (tertiary/aromatic N) is 2. The summed E-state index contributed by atoms with van der Waals surface area (Å²) in [6.07, 6.45) is 1.44. The largest absolute Gasteiger partial charge is 0.363 e. The second-order valence-corrected chi connectivity index (χ2v) is 7.28. The molecular weight excluding hydrogens is 312 g/mol. The van der Waals surface area contributed by atoms with Crippen LogP contribution in [0, 0.1) is 6.92 Å². The number of aryl methyl sites for hydroxylation is 1. The van der Waals surface area contributed by atoms with Crippen LogP contribution in [0.3, 0.4) is 0 Å². The number of nitrogens with one attached hydrogen (secondary N) is 1. The Kier molecular flexibility index (Phi) is 4.23. The molecule has 0 spiro atoms. The van der Waals surface area contributed by atoms with Gasteiger partial charge in [-0.1, -0.05) is 18.2 Å². The van der Waals surface area contributed by atoms with E-state index in [2.05, 4.69) is 46.0 Å². The Hall–Kier alpha value is -2.12. The number of aromatic nitrogens is 1. The monoisotopic (exact) mass is 333 g/mol. The van der Waals surface area contributed by atoms with E-state index in [0.717, 1.165) is 32.0 Å². The summed E-state index contributed by atoms with van der Waals surface area (Å²) in [5.41, 5.74) is 2.56. The van der Waals surface area contributed by atoms with E-state index < -0.39 is 10.0 Å². The lowest BCUT2D eigenvalue weighted by Crippen LogP contribution is -2.48. The molecule has 2 heterocycles. The number of anilines is 2. The lowest BCUT2D eigenvalue weighted by atomic mass is 10.1. The molecule has 0 bridgehead atoms. The fourth-order valence-corrected chi connectivity index (χ4v) is 3.36. The molecule has 1 aromatic heterocycles. The lowest BCUT2D eigenvalue weighted by molar-refractivity contribution is -0.367. The second-order valence-electron chi connectivity index (χ2n) is 5.72. The second kappa shape index (κ2) is 6.17. The highest BCUT2D eigenvalue weighted by molar-refractivity contribution is 7.89. The van der Waals surface area contributed by atoms with Crippen molar-refractivity contribution >= 4 is 21.5 Å². The molecule has 7 heteroatoms. The first kappa shape index (κ1) is 15.8. The highest BCUT2D eigenvalue weighted by atomic mass is 32.2. The van der Waals surface area contributed by atoms with E-state index in [4.69, 9.17) is 5.14 Å². The molecule has 1 fully saturated rings. The van der Waals surface area contributed by atoms with Gasteiger partial charge in [-0.2, -0.15) is 0 Å².